The molecule has 30 heavy (non-hydrogen) atoms. The number of hydrogen-bond donors (Lipinski definition) is 1. The molecule has 9 atom stereocenters. The highest BCUT2D eigenvalue weighted by Gasteiger charge is 2.61. The molecule has 1 aromatic heterocycles. The molecule has 0 radical (unpaired) electrons. The Bertz CT molecular complexity index is 775. The third kappa shape index (κ3) is 3.27. The smallest absolute Gasteiger partial charge is 0.159 e. The van der Waals surface area contributed by atoms with E-state index in [1.807, 2.05) is 6.92 Å². The van der Waals surface area contributed by atoms with Crippen LogP contribution < -0.4 is 0 Å². The molecule has 166 valence electrons. The first-order valence-corrected chi connectivity index (χ1v) is 12.4. The van der Waals surface area contributed by atoms with Gasteiger partial charge in [-0.1, -0.05) is 20.3 Å². The summed E-state index contributed by atoms with van der Waals surface area (Å²) in [4.78, 5) is 14.9. The number of ketones is 1. The molecule has 0 unspecified atom stereocenters. The van der Waals surface area contributed by atoms with E-state index >= 15 is 0 Å². The summed E-state index contributed by atoms with van der Waals surface area (Å²) in [5, 5.41) is 19.0. The van der Waals surface area contributed by atoms with E-state index in [4.69, 9.17) is 0 Å². The van der Waals surface area contributed by atoms with Crippen LogP contribution in [0.25, 0.3) is 0 Å². The van der Waals surface area contributed by atoms with E-state index in [9.17, 15) is 9.90 Å². The van der Waals surface area contributed by atoms with E-state index in [0.29, 0.717) is 30.1 Å². The third-order valence-electron chi connectivity index (χ3n) is 10.1. The van der Waals surface area contributed by atoms with Gasteiger partial charge in [0.15, 0.2) is 5.78 Å². The van der Waals surface area contributed by atoms with Crippen molar-refractivity contribution in [2.24, 2.45) is 46.8 Å². The molecule has 0 aromatic carbocycles. The number of nitrogens with zero attached hydrogens (tertiary/aromatic N) is 3. The highest BCUT2D eigenvalue weighted by atomic mass is 16.3. The Balaban J connectivity index is 1.38. The van der Waals surface area contributed by atoms with Crippen LogP contribution >= 0.6 is 0 Å². The normalized spacial score (nSPS) is 47.9. The van der Waals surface area contributed by atoms with Gasteiger partial charge in [0, 0.05) is 5.92 Å². The molecular formula is C25H39N3O2. The average molecular weight is 414 g/mol. The molecule has 1 N–H and O–H groups in total. The summed E-state index contributed by atoms with van der Waals surface area (Å²) in [7, 11) is 0. The summed E-state index contributed by atoms with van der Waals surface area (Å²) in [6, 6.07) is 0. The number of carbonyl (C=O) groups excluding carboxylic acids is 1. The van der Waals surface area contributed by atoms with E-state index in [0.717, 1.165) is 37.0 Å². The van der Waals surface area contributed by atoms with Crippen molar-refractivity contribution in [3.05, 3.63) is 12.4 Å². The lowest BCUT2D eigenvalue weighted by Gasteiger charge is -2.57. The number of Topliss-reactive ketones (excluding diaryl/α,β-unsaturated/α-hetero) is 1. The number of carbonyl (C=O) groups is 1. The van der Waals surface area contributed by atoms with Crippen LogP contribution in [0.4, 0.5) is 0 Å². The van der Waals surface area contributed by atoms with Crippen LogP contribution in [0.3, 0.4) is 0 Å². The molecule has 5 heteroatoms. The summed E-state index contributed by atoms with van der Waals surface area (Å²) in [5.74, 6) is 4.96. The Hall–Kier alpha value is -1.23. The van der Waals surface area contributed by atoms with Crippen LogP contribution in [-0.4, -0.2) is 31.5 Å². The topological polar surface area (TPSA) is 68.0 Å². The van der Waals surface area contributed by atoms with Gasteiger partial charge in [0.1, 0.15) is 6.54 Å². The van der Waals surface area contributed by atoms with Gasteiger partial charge in [-0.15, -0.1) is 0 Å². The van der Waals surface area contributed by atoms with Crippen LogP contribution in [-0.2, 0) is 11.3 Å². The van der Waals surface area contributed by atoms with E-state index in [-0.39, 0.29) is 11.3 Å². The van der Waals surface area contributed by atoms with E-state index in [1.54, 1.807) is 17.2 Å². The van der Waals surface area contributed by atoms with Crippen molar-refractivity contribution in [2.75, 3.05) is 0 Å². The molecule has 4 aliphatic rings. The Labute approximate surface area is 181 Å². The molecule has 5 nitrogen and oxygen atoms in total. The summed E-state index contributed by atoms with van der Waals surface area (Å²) in [6.45, 7) is 7.15. The second-order valence-electron chi connectivity index (χ2n) is 11.6. The Morgan fingerprint density at radius 3 is 2.53 bits per heavy atom. The predicted octanol–water partition coefficient (Wildman–Crippen LogP) is 4.50. The molecule has 0 bridgehead atoms. The largest absolute Gasteiger partial charge is 0.390 e. The molecule has 0 spiro atoms. The zero-order chi connectivity index (χ0) is 21.1. The van der Waals surface area contributed by atoms with Crippen LogP contribution in [0.1, 0.15) is 78.6 Å². The zero-order valence-electron chi connectivity index (χ0n) is 19.0. The lowest BCUT2D eigenvalue weighted by molar-refractivity contribution is -0.134. The Kier molecular flexibility index (Phi) is 5.11. The van der Waals surface area contributed by atoms with Crippen molar-refractivity contribution in [1.29, 1.82) is 0 Å². The molecule has 4 fully saturated rings. The van der Waals surface area contributed by atoms with Crippen molar-refractivity contribution in [3.63, 3.8) is 0 Å². The van der Waals surface area contributed by atoms with E-state index < -0.39 is 5.60 Å². The fourth-order valence-electron chi connectivity index (χ4n) is 8.86. The molecule has 4 saturated carbocycles. The summed E-state index contributed by atoms with van der Waals surface area (Å²) < 4.78 is 0. The van der Waals surface area contributed by atoms with Gasteiger partial charge in [-0.3, -0.25) is 4.79 Å². The molecule has 1 aromatic rings. The molecular weight excluding hydrogens is 374 g/mol. The monoisotopic (exact) mass is 413 g/mol. The van der Waals surface area contributed by atoms with Gasteiger partial charge in [-0.05, 0) is 99.2 Å². The quantitative estimate of drug-likeness (QED) is 0.789. The van der Waals surface area contributed by atoms with Crippen molar-refractivity contribution < 1.29 is 9.90 Å². The number of aromatic nitrogens is 3. The number of fused-ring (bicyclic) bond motifs is 5. The second-order valence-corrected chi connectivity index (χ2v) is 11.6. The minimum Gasteiger partial charge on any atom is -0.390 e. The maximum Gasteiger partial charge on any atom is 0.159 e. The van der Waals surface area contributed by atoms with Gasteiger partial charge in [0.25, 0.3) is 0 Å². The van der Waals surface area contributed by atoms with Gasteiger partial charge in [-0.2, -0.15) is 15.0 Å². The van der Waals surface area contributed by atoms with Crippen molar-refractivity contribution in [1.82, 2.24) is 15.0 Å². The number of rotatable bonds is 4. The minimum atomic E-state index is -0.450. The first kappa shape index (κ1) is 20.7. The lowest BCUT2D eigenvalue weighted by atomic mass is 9.48. The van der Waals surface area contributed by atoms with Crippen molar-refractivity contribution in [3.8, 4) is 0 Å². The van der Waals surface area contributed by atoms with Crippen LogP contribution in [0.5, 0.6) is 0 Å². The standard InChI is InChI=1S/C25H39N3O2/c1-4-16-13-21(22(29)15-28-26-11-12-27-28)25(3)10-8-19-18-7-9-24(2,30)14-17(18)5-6-20(19)23(16)25/h11-12,16-21,23,30H,4-10,13-15H2,1-3H3/t16-,17-,18+,19-,20-,21-,23+,24-,25-/m1/s1. The second kappa shape index (κ2) is 7.43. The first-order chi connectivity index (χ1) is 14.3. The van der Waals surface area contributed by atoms with Crippen molar-refractivity contribution >= 4 is 5.78 Å². The van der Waals surface area contributed by atoms with Gasteiger partial charge < -0.3 is 5.11 Å². The molecule has 0 amide bonds. The van der Waals surface area contributed by atoms with Crippen LogP contribution in [0, 0.1) is 46.8 Å². The first-order valence-electron chi connectivity index (χ1n) is 12.4. The zero-order valence-corrected chi connectivity index (χ0v) is 19.0. The number of hydrogen-bond acceptors (Lipinski definition) is 4. The van der Waals surface area contributed by atoms with Crippen LogP contribution in [0.15, 0.2) is 12.4 Å². The van der Waals surface area contributed by atoms with Gasteiger partial charge in [-0.25, -0.2) is 0 Å². The minimum absolute atomic E-state index is 0.138. The highest BCUT2D eigenvalue weighted by molar-refractivity contribution is 5.82. The average Bonchev–Trinajstić information content (AvgIpc) is 3.31. The van der Waals surface area contributed by atoms with Gasteiger partial charge in [0.2, 0.25) is 0 Å². The molecule has 4 aliphatic carbocycles. The SMILES string of the molecule is CC[C@@H]1C[C@H](C(=O)Cn2nccn2)[C@@]2(C)CC[C@H]3[C@@H](CC[C@@H]4C[C@](C)(O)CC[C@@H]43)[C@H]12. The van der Waals surface area contributed by atoms with Crippen LogP contribution in [0.2, 0.25) is 0 Å². The highest BCUT2D eigenvalue weighted by Crippen LogP contribution is 2.66. The molecule has 0 aliphatic heterocycles. The Morgan fingerprint density at radius 2 is 1.80 bits per heavy atom. The maximum atomic E-state index is 13.4. The predicted molar refractivity (Wildman–Crippen MR) is 115 cm³/mol. The fourth-order valence-corrected chi connectivity index (χ4v) is 8.86. The lowest BCUT2D eigenvalue weighted by Crippen LogP contribution is -2.52. The molecule has 5 rings (SSSR count). The summed E-state index contributed by atoms with van der Waals surface area (Å²) >= 11 is 0. The third-order valence-corrected chi connectivity index (χ3v) is 10.1. The summed E-state index contributed by atoms with van der Waals surface area (Å²) in [5.41, 5.74) is -0.312. The fraction of sp³-hybridized carbons (Fsp3) is 0.880. The summed E-state index contributed by atoms with van der Waals surface area (Å²) in [6.07, 6.45) is 13.8. The Morgan fingerprint density at radius 1 is 1.07 bits per heavy atom. The van der Waals surface area contributed by atoms with E-state index in [1.165, 1.54) is 38.5 Å². The number of aliphatic hydroxyl groups is 1. The van der Waals surface area contributed by atoms with Gasteiger partial charge >= 0.3 is 0 Å². The molecule has 1 heterocycles. The van der Waals surface area contributed by atoms with Crippen molar-refractivity contribution in [2.45, 2.75) is 90.7 Å². The van der Waals surface area contributed by atoms with E-state index in [2.05, 4.69) is 24.0 Å². The maximum absolute atomic E-state index is 13.4. The van der Waals surface area contributed by atoms with Gasteiger partial charge in [0.05, 0.1) is 18.0 Å². The molecule has 0 saturated heterocycles.